The Morgan fingerprint density at radius 1 is 1.47 bits per heavy atom. The average Bonchev–Trinajstić information content (AvgIpc) is 3.00. The van der Waals surface area contributed by atoms with E-state index in [1.54, 1.807) is 4.52 Å². The van der Waals surface area contributed by atoms with E-state index in [-0.39, 0.29) is 5.91 Å². The number of nitrogens with zero attached hydrogens (tertiary/aromatic N) is 5. The summed E-state index contributed by atoms with van der Waals surface area (Å²) in [4.78, 5) is 25.4. The number of hydroxylamine groups is 2. The average molecular weight is 233 g/mol. The van der Waals surface area contributed by atoms with Gasteiger partial charge in [-0.25, -0.2) is 14.6 Å². The van der Waals surface area contributed by atoms with E-state index in [2.05, 4.69) is 15.1 Å². The van der Waals surface area contributed by atoms with Crippen molar-refractivity contribution in [2.45, 2.75) is 13.3 Å². The van der Waals surface area contributed by atoms with Crippen molar-refractivity contribution in [3.05, 3.63) is 23.8 Å². The highest BCUT2D eigenvalue weighted by molar-refractivity contribution is 5.94. The standard InChI is InChI=1S/C10H11N5O2/c1-7-8(9(16)14-3-2-4-17-14)5-11-10-12-6-13-15(7)10/h5-6H,2-4H2,1H3. The Morgan fingerprint density at radius 2 is 2.35 bits per heavy atom. The third-order valence-electron chi connectivity index (χ3n) is 2.76. The van der Waals surface area contributed by atoms with Crippen molar-refractivity contribution in [3.8, 4) is 0 Å². The zero-order valence-corrected chi connectivity index (χ0v) is 9.33. The number of rotatable bonds is 1. The number of amides is 1. The van der Waals surface area contributed by atoms with Gasteiger partial charge in [-0.2, -0.15) is 10.1 Å². The first kappa shape index (κ1) is 10.2. The van der Waals surface area contributed by atoms with Gasteiger partial charge in [0.15, 0.2) is 0 Å². The van der Waals surface area contributed by atoms with E-state index in [0.717, 1.165) is 6.42 Å². The van der Waals surface area contributed by atoms with Gasteiger partial charge >= 0.3 is 0 Å². The number of fused-ring (bicyclic) bond motifs is 1. The first-order valence-corrected chi connectivity index (χ1v) is 5.37. The van der Waals surface area contributed by atoms with E-state index >= 15 is 0 Å². The van der Waals surface area contributed by atoms with Crippen molar-refractivity contribution in [1.29, 1.82) is 0 Å². The van der Waals surface area contributed by atoms with Crippen LogP contribution < -0.4 is 0 Å². The van der Waals surface area contributed by atoms with Crippen molar-refractivity contribution in [3.63, 3.8) is 0 Å². The molecule has 3 rings (SSSR count). The molecule has 0 N–H and O–H groups in total. The maximum absolute atomic E-state index is 12.1. The Kier molecular flexibility index (Phi) is 2.25. The summed E-state index contributed by atoms with van der Waals surface area (Å²) >= 11 is 0. The Labute approximate surface area is 97.0 Å². The maximum atomic E-state index is 12.1. The van der Waals surface area contributed by atoms with Gasteiger partial charge in [0, 0.05) is 6.20 Å². The topological polar surface area (TPSA) is 72.6 Å². The molecule has 3 heterocycles. The van der Waals surface area contributed by atoms with E-state index in [4.69, 9.17) is 4.84 Å². The molecule has 0 unspecified atom stereocenters. The van der Waals surface area contributed by atoms with Crippen LogP contribution in [0, 0.1) is 6.92 Å². The van der Waals surface area contributed by atoms with Crippen LogP contribution in [-0.4, -0.2) is 43.7 Å². The number of hydrogen-bond donors (Lipinski definition) is 0. The van der Waals surface area contributed by atoms with E-state index in [9.17, 15) is 4.79 Å². The minimum atomic E-state index is -0.176. The lowest BCUT2D eigenvalue weighted by Crippen LogP contribution is -2.28. The van der Waals surface area contributed by atoms with Gasteiger partial charge < -0.3 is 0 Å². The summed E-state index contributed by atoms with van der Waals surface area (Å²) in [5.41, 5.74) is 1.21. The molecule has 0 spiro atoms. The molecule has 88 valence electrons. The van der Waals surface area contributed by atoms with Crippen molar-refractivity contribution < 1.29 is 9.63 Å². The van der Waals surface area contributed by atoms with Crippen LogP contribution in [0.15, 0.2) is 12.5 Å². The smallest absolute Gasteiger partial charge is 0.271 e. The first-order valence-electron chi connectivity index (χ1n) is 5.37. The summed E-state index contributed by atoms with van der Waals surface area (Å²) in [6.07, 6.45) is 3.79. The molecule has 1 saturated heterocycles. The van der Waals surface area contributed by atoms with Crippen LogP contribution >= 0.6 is 0 Å². The van der Waals surface area contributed by atoms with E-state index in [1.807, 2.05) is 6.92 Å². The van der Waals surface area contributed by atoms with Gasteiger partial charge in [-0.15, -0.1) is 0 Å². The van der Waals surface area contributed by atoms with Crippen molar-refractivity contribution >= 4 is 11.7 Å². The molecule has 1 fully saturated rings. The van der Waals surface area contributed by atoms with E-state index < -0.39 is 0 Å². The van der Waals surface area contributed by atoms with Crippen LogP contribution in [0.2, 0.25) is 0 Å². The molecule has 2 aromatic heterocycles. The molecule has 7 heteroatoms. The molecule has 0 aromatic carbocycles. The zero-order valence-electron chi connectivity index (χ0n) is 9.33. The van der Waals surface area contributed by atoms with E-state index in [0.29, 0.717) is 30.2 Å². The zero-order chi connectivity index (χ0) is 11.8. The normalized spacial score (nSPS) is 15.7. The van der Waals surface area contributed by atoms with Gasteiger partial charge in [0.2, 0.25) is 0 Å². The van der Waals surface area contributed by atoms with Gasteiger partial charge in [-0.3, -0.25) is 9.63 Å². The van der Waals surface area contributed by atoms with Crippen LogP contribution in [0.4, 0.5) is 0 Å². The van der Waals surface area contributed by atoms with Crippen molar-refractivity contribution in [2.24, 2.45) is 0 Å². The maximum Gasteiger partial charge on any atom is 0.280 e. The number of carbonyl (C=O) groups is 1. The third-order valence-corrected chi connectivity index (χ3v) is 2.76. The highest BCUT2D eigenvalue weighted by atomic mass is 16.7. The second kappa shape index (κ2) is 3.77. The number of carbonyl (C=O) groups excluding carboxylic acids is 1. The lowest BCUT2D eigenvalue weighted by atomic mass is 10.2. The highest BCUT2D eigenvalue weighted by Crippen LogP contribution is 2.14. The molecule has 1 amide bonds. The number of aromatic nitrogens is 4. The van der Waals surface area contributed by atoms with Crippen LogP contribution in [0.25, 0.3) is 5.78 Å². The second-order valence-corrected chi connectivity index (χ2v) is 3.82. The largest absolute Gasteiger partial charge is 0.280 e. The molecule has 17 heavy (non-hydrogen) atoms. The lowest BCUT2D eigenvalue weighted by molar-refractivity contribution is -0.0769. The second-order valence-electron chi connectivity index (χ2n) is 3.82. The van der Waals surface area contributed by atoms with Gasteiger partial charge in [0.25, 0.3) is 11.7 Å². The third kappa shape index (κ3) is 1.55. The molecule has 0 saturated carbocycles. The summed E-state index contributed by atoms with van der Waals surface area (Å²) in [6.45, 7) is 3.02. The minimum absolute atomic E-state index is 0.176. The summed E-state index contributed by atoms with van der Waals surface area (Å²) in [5, 5.41) is 5.39. The van der Waals surface area contributed by atoms with Crippen LogP contribution in [0.5, 0.6) is 0 Å². The molecular formula is C10H11N5O2. The van der Waals surface area contributed by atoms with E-state index in [1.165, 1.54) is 17.6 Å². The van der Waals surface area contributed by atoms with Gasteiger partial charge in [0.05, 0.1) is 24.4 Å². The monoisotopic (exact) mass is 233 g/mol. The quantitative estimate of drug-likeness (QED) is 0.704. The fourth-order valence-electron chi connectivity index (χ4n) is 1.84. The predicted octanol–water partition coefficient (Wildman–Crippen LogP) is 0.210. The SMILES string of the molecule is Cc1c(C(=O)N2CCCO2)cnc2ncnn12. The highest BCUT2D eigenvalue weighted by Gasteiger charge is 2.23. The summed E-state index contributed by atoms with van der Waals surface area (Å²) in [6, 6.07) is 0. The minimum Gasteiger partial charge on any atom is -0.271 e. The Hall–Kier alpha value is -2.02. The fourth-order valence-corrected chi connectivity index (χ4v) is 1.84. The summed E-state index contributed by atoms with van der Waals surface area (Å²) in [5.74, 6) is 0.311. The molecule has 0 aliphatic carbocycles. The number of hydrogen-bond acceptors (Lipinski definition) is 5. The van der Waals surface area contributed by atoms with Gasteiger partial charge in [0.1, 0.15) is 6.33 Å². The molecule has 2 aromatic rings. The molecule has 0 bridgehead atoms. The van der Waals surface area contributed by atoms with Crippen molar-refractivity contribution in [2.75, 3.05) is 13.2 Å². The Morgan fingerprint density at radius 3 is 3.12 bits per heavy atom. The first-order chi connectivity index (χ1) is 8.27. The fraction of sp³-hybridized carbons (Fsp3) is 0.400. The summed E-state index contributed by atoms with van der Waals surface area (Å²) < 4.78 is 1.54. The molecule has 1 aliphatic heterocycles. The van der Waals surface area contributed by atoms with Crippen LogP contribution in [-0.2, 0) is 4.84 Å². The molecular weight excluding hydrogens is 222 g/mol. The number of aryl methyl sites for hydroxylation is 1. The molecule has 0 atom stereocenters. The van der Waals surface area contributed by atoms with Gasteiger partial charge in [-0.05, 0) is 13.3 Å². The molecule has 7 nitrogen and oxygen atoms in total. The van der Waals surface area contributed by atoms with Crippen molar-refractivity contribution in [1.82, 2.24) is 24.6 Å². The Bertz CT molecular complexity index is 573. The predicted molar refractivity (Wildman–Crippen MR) is 57.1 cm³/mol. The van der Waals surface area contributed by atoms with Gasteiger partial charge in [-0.1, -0.05) is 0 Å². The van der Waals surface area contributed by atoms with Crippen LogP contribution in [0.1, 0.15) is 22.5 Å². The summed E-state index contributed by atoms with van der Waals surface area (Å²) in [7, 11) is 0. The van der Waals surface area contributed by atoms with Crippen LogP contribution in [0.3, 0.4) is 0 Å². The lowest BCUT2D eigenvalue weighted by Gasteiger charge is -2.14. The molecule has 1 aliphatic rings. The molecule has 0 radical (unpaired) electrons. The Balaban J connectivity index is 2.04.